The molecule has 1 amide bonds. The van der Waals surface area contributed by atoms with Crippen molar-refractivity contribution in [1.29, 1.82) is 0 Å². The van der Waals surface area contributed by atoms with Gasteiger partial charge < -0.3 is 19.4 Å². The molecule has 25 heavy (non-hydrogen) atoms. The Bertz CT molecular complexity index is 827. The molecule has 3 rings (SSSR count). The topological polar surface area (TPSA) is 52.5 Å². The van der Waals surface area contributed by atoms with E-state index in [9.17, 15) is 4.79 Å². The first-order chi connectivity index (χ1) is 12.3. The minimum atomic E-state index is -0.0287. The number of ether oxygens (including phenoxy) is 2. The van der Waals surface area contributed by atoms with Gasteiger partial charge in [-0.15, -0.1) is 0 Å². The summed E-state index contributed by atoms with van der Waals surface area (Å²) in [5.74, 6) is 0.789. The molecule has 0 radical (unpaired) electrons. The second-order valence-corrected chi connectivity index (χ2v) is 5.78. The predicted molar refractivity (Wildman–Crippen MR) is 97.6 cm³/mol. The van der Waals surface area contributed by atoms with Crippen LogP contribution in [0.2, 0.25) is 0 Å². The number of methoxy groups -OCH3 is 1. The molecule has 5 heteroatoms. The Kier molecular flexibility index (Phi) is 5.69. The van der Waals surface area contributed by atoms with Crippen LogP contribution in [0.15, 0.2) is 60.8 Å². The van der Waals surface area contributed by atoms with Gasteiger partial charge in [0.05, 0.1) is 6.61 Å². The maximum atomic E-state index is 11.9. The van der Waals surface area contributed by atoms with E-state index in [-0.39, 0.29) is 12.5 Å². The van der Waals surface area contributed by atoms with E-state index >= 15 is 0 Å². The van der Waals surface area contributed by atoms with E-state index in [1.807, 2.05) is 65.4 Å². The summed E-state index contributed by atoms with van der Waals surface area (Å²) in [6, 6.07) is 18.0. The zero-order valence-electron chi connectivity index (χ0n) is 14.3. The summed E-state index contributed by atoms with van der Waals surface area (Å²) in [5, 5.41) is 3.88. The summed E-state index contributed by atoms with van der Waals surface area (Å²) >= 11 is 0. The second-order valence-electron chi connectivity index (χ2n) is 5.78. The van der Waals surface area contributed by atoms with E-state index in [2.05, 4.69) is 5.32 Å². The minimum absolute atomic E-state index is 0.0287. The van der Waals surface area contributed by atoms with E-state index in [0.29, 0.717) is 19.8 Å². The summed E-state index contributed by atoms with van der Waals surface area (Å²) in [6.45, 7) is 1.86. The molecular weight excluding hydrogens is 316 g/mol. The third-order valence-electron chi connectivity index (χ3n) is 3.93. The van der Waals surface area contributed by atoms with Crippen molar-refractivity contribution in [2.45, 2.75) is 13.2 Å². The zero-order chi connectivity index (χ0) is 17.5. The molecule has 0 bridgehead atoms. The van der Waals surface area contributed by atoms with Crippen LogP contribution in [-0.4, -0.2) is 30.7 Å². The Labute approximate surface area is 147 Å². The van der Waals surface area contributed by atoms with E-state index in [1.54, 1.807) is 7.11 Å². The molecule has 0 unspecified atom stereocenters. The van der Waals surface area contributed by atoms with Gasteiger partial charge in [-0.25, -0.2) is 0 Å². The van der Waals surface area contributed by atoms with Crippen molar-refractivity contribution in [3.05, 3.63) is 66.4 Å². The van der Waals surface area contributed by atoms with Crippen molar-refractivity contribution in [3.8, 4) is 5.75 Å². The summed E-state index contributed by atoms with van der Waals surface area (Å²) in [6.07, 6.45) is 1.92. The average molecular weight is 338 g/mol. The first-order valence-electron chi connectivity index (χ1n) is 8.27. The predicted octanol–water partition coefficient (Wildman–Crippen LogP) is 2.98. The Morgan fingerprint density at radius 3 is 2.76 bits per heavy atom. The first-order valence-corrected chi connectivity index (χ1v) is 8.27. The van der Waals surface area contributed by atoms with Crippen LogP contribution in [0.5, 0.6) is 5.75 Å². The van der Waals surface area contributed by atoms with Crippen LogP contribution in [0, 0.1) is 0 Å². The van der Waals surface area contributed by atoms with Crippen molar-refractivity contribution in [2.75, 3.05) is 20.3 Å². The number of hydrogen-bond donors (Lipinski definition) is 1. The van der Waals surface area contributed by atoms with Crippen LogP contribution < -0.4 is 10.1 Å². The molecule has 2 aromatic carbocycles. The van der Waals surface area contributed by atoms with Gasteiger partial charge in [0, 0.05) is 30.8 Å². The molecule has 5 nitrogen and oxygen atoms in total. The van der Waals surface area contributed by atoms with Crippen LogP contribution in [0.3, 0.4) is 0 Å². The van der Waals surface area contributed by atoms with Crippen molar-refractivity contribution >= 4 is 16.8 Å². The molecule has 0 saturated heterocycles. The number of amides is 1. The van der Waals surface area contributed by atoms with E-state index < -0.39 is 0 Å². The average Bonchev–Trinajstić information content (AvgIpc) is 3.03. The lowest BCUT2D eigenvalue weighted by Crippen LogP contribution is -2.30. The minimum Gasteiger partial charge on any atom is -0.489 e. The highest BCUT2D eigenvalue weighted by atomic mass is 16.5. The number of nitrogens with one attached hydrogen (secondary N) is 1. The Morgan fingerprint density at radius 1 is 1.12 bits per heavy atom. The zero-order valence-corrected chi connectivity index (χ0v) is 14.3. The normalized spacial score (nSPS) is 10.8. The van der Waals surface area contributed by atoms with Gasteiger partial charge in [-0.1, -0.05) is 30.3 Å². The molecular formula is C20H22N2O3. The maximum absolute atomic E-state index is 11.9. The molecule has 0 spiro atoms. The molecule has 0 aliphatic heterocycles. The lowest BCUT2D eigenvalue weighted by Gasteiger charge is -2.09. The molecule has 0 aliphatic rings. The summed E-state index contributed by atoms with van der Waals surface area (Å²) < 4.78 is 12.7. The van der Waals surface area contributed by atoms with Crippen molar-refractivity contribution < 1.29 is 14.3 Å². The van der Waals surface area contributed by atoms with Crippen LogP contribution >= 0.6 is 0 Å². The number of carbonyl (C=O) groups is 1. The molecule has 1 heterocycles. The molecule has 0 saturated carbocycles. The fourth-order valence-corrected chi connectivity index (χ4v) is 2.65. The fraction of sp³-hybridized carbons (Fsp3) is 0.250. The standard InChI is InChI=1S/C20H22N2O3/c1-24-12-10-21-20(23)14-22-11-9-17-13-18(7-8-19(17)22)25-15-16-5-3-2-4-6-16/h2-9,11,13H,10,12,14-15H2,1H3,(H,21,23). The maximum Gasteiger partial charge on any atom is 0.240 e. The van der Waals surface area contributed by atoms with Crippen LogP contribution in [0.25, 0.3) is 10.9 Å². The van der Waals surface area contributed by atoms with Crippen LogP contribution in [0.4, 0.5) is 0 Å². The van der Waals surface area contributed by atoms with Gasteiger partial charge >= 0.3 is 0 Å². The van der Waals surface area contributed by atoms with Crippen molar-refractivity contribution in [2.24, 2.45) is 0 Å². The molecule has 0 atom stereocenters. The fourth-order valence-electron chi connectivity index (χ4n) is 2.65. The monoisotopic (exact) mass is 338 g/mol. The van der Waals surface area contributed by atoms with Gasteiger partial charge in [0.25, 0.3) is 0 Å². The molecule has 1 N–H and O–H groups in total. The van der Waals surface area contributed by atoms with Gasteiger partial charge in [0.2, 0.25) is 5.91 Å². The number of rotatable bonds is 8. The highest BCUT2D eigenvalue weighted by Crippen LogP contribution is 2.22. The van der Waals surface area contributed by atoms with Crippen LogP contribution in [-0.2, 0) is 22.7 Å². The summed E-state index contributed by atoms with van der Waals surface area (Å²) in [7, 11) is 1.61. The van der Waals surface area contributed by atoms with Gasteiger partial charge in [-0.3, -0.25) is 4.79 Å². The van der Waals surface area contributed by atoms with Crippen molar-refractivity contribution in [3.63, 3.8) is 0 Å². The lowest BCUT2D eigenvalue weighted by atomic mass is 10.2. The lowest BCUT2D eigenvalue weighted by molar-refractivity contribution is -0.121. The Balaban J connectivity index is 1.63. The Morgan fingerprint density at radius 2 is 1.96 bits per heavy atom. The van der Waals surface area contributed by atoms with Crippen LogP contribution in [0.1, 0.15) is 5.56 Å². The molecule has 0 aliphatic carbocycles. The smallest absolute Gasteiger partial charge is 0.240 e. The number of fused-ring (bicyclic) bond motifs is 1. The number of nitrogens with zero attached hydrogens (tertiary/aromatic N) is 1. The second kappa shape index (κ2) is 8.35. The highest BCUT2D eigenvalue weighted by Gasteiger charge is 2.07. The SMILES string of the molecule is COCCNC(=O)Cn1ccc2cc(OCc3ccccc3)ccc21. The molecule has 0 fully saturated rings. The molecule has 1 aromatic heterocycles. The van der Waals surface area contributed by atoms with Crippen molar-refractivity contribution in [1.82, 2.24) is 9.88 Å². The number of hydrogen-bond acceptors (Lipinski definition) is 3. The van der Waals surface area contributed by atoms with E-state index in [0.717, 1.165) is 22.2 Å². The largest absolute Gasteiger partial charge is 0.489 e. The van der Waals surface area contributed by atoms with Gasteiger partial charge in [-0.05, 0) is 29.8 Å². The quantitative estimate of drug-likeness (QED) is 0.643. The highest BCUT2D eigenvalue weighted by molar-refractivity contribution is 5.84. The third-order valence-corrected chi connectivity index (χ3v) is 3.93. The van der Waals surface area contributed by atoms with E-state index in [4.69, 9.17) is 9.47 Å². The summed E-state index contributed by atoms with van der Waals surface area (Å²) in [5.41, 5.74) is 2.14. The van der Waals surface area contributed by atoms with Gasteiger partial charge in [0.1, 0.15) is 18.9 Å². The third kappa shape index (κ3) is 4.61. The van der Waals surface area contributed by atoms with E-state index in [1.165, 1.54) is 0 Å². The molecule has 3 aromatic rings. The first kappa shape index (κ1) is 17.0. The number of aromatic nitrogens is 1. The number of carbonyl (C=O) groups excluding carboxylic acids is 1. The summed E-state index contributed by atoms with van der Waals surface area (Å²) in [4.78, 5) is 11.9. The molecule has 130 valence electrons. The number of benzene rings is 2. The Hall–Kier alpha value is -2.79. The van der Waals surface area contributed by atoms with Gasteiger partial charge in [0.15, 0.2) is 0 Å². The van der Waals surface area contributed by atoms with Gasteiger partial charge in [-0.2, -0.15) is 0 Å².